The summed E-state index contributed by atoms with van der Waals surface area (Å²) in [5, 5.41) is 0. The van der Waals surface area contributed by atoms with Gasteiger partial charge in [-0.25, -0.2) is 0 Å². The van der Waals surface area contributed by atoms with Gasteiger partial charge in [-0.15, -0.1) is 0 Å². The quantitative estimate of drug-likeness (QED) is 0.749. The van der Waals surface area contributed by atoms with E-state index in [2.05, 4.69) is 23.6 Å². The zero-order chi connectivity index (χ0) is 14.7. The molecule has 3 fully saturated rings. The number of piperidine rings is 1. The molecule has 0 aromatic heterocycles. The van der Waals surface area contributed by atoms with Gasteiger partial charge in [0.15, 0.2) is 0 Å². The van der Waals surface area contributed by atoms with E-state index >= 15 is 0 Å². The van der Waals surface area contributed by atoms with Gasteiger partial charge in [-0.1, -0.05) is 6.92 Å². The molecular formula is C18H34N2O. The monoisotopic (exact) mass is 294 g/mol. The van der Waals surface area contributed by atoms with E-state index in [1.807, 2.05) is 0 Å². The Bertz CT molecular complexity index is 319. The smallest absolute Gasteiger partial charge is 0.0494 e. The molecular weight excluding hydrogens is 260 g/mol. The van der Waals surface area contributed by atoms with Crippen molar-refractivity contribution in [2.24, 2.45) is 17.3 Å². The van der Waals surface area contributed by atoms with Crippen LogP contribution in [0.2, 0.25) is 0 Å². The fourth-order valence-electron chi connectivity index (χ4n) is 4.74. The zero-order valence-electron chi connectivity index (χ0n) is 14.1. The summed E-state index contributed by atoms with van der Waals surface area (Å²) in [5.41, 5.74) is 0.681. The van der Waals surface area contributed by atoms with Gasteiger partial charge in [0.25, 0.3) is 0 Å². The van der Waals surface area contributed by atoms with E-state index in [0.717, 1.165) is 25.0 Å². The first-order valence-corrected chi connectivity index (χ1v) is 9.25. The van der Waals surface area contributed by atoms with Crippen molar-refractivity contribution in [1.29, 1.82) is 0 Å². The average Bonchev–Trinajstić information content (AvgIpc) is 2.85. The zero-order valence-corrected chi connectivity index (χ0v) is 14.1. The first-order valence-electron chi connectivity index (χ1n) is 9.25. The first kappa shape index (κ1) is 15.8. The normalized spacial score (nSPS) is 33.4. The molecule has 2 aliphatic heterocycles. The molecule has 0 atom stereocenters. The first-order chi connectivity index (χ1) is 10.2. The molecule has 2 heterocycles. The molecule has 3 heteroatoms. The highest BCUT2D eigenvalue weighted by Gasteiger charge is 2.41. The lowest BCUT2D eigenvalue weighted by atomic mass is 9.75. The molecule has 1 saturated carbocycles. The van der Waals surface area contributed by atoms with E-state index in [1.165, 1.54) is 71.4 Å². The Labute approximate surface area is 131 Å². The molecule has 0 bridgehead atoms. The summed E-state index contributed by atoms with van der Waals surface area (Å²) in [6.07, 6.45) is 7.16. The largest absolute Gasteiger partial charge is 0.381 e. The molecule has 3 nitrogen and oxygen atoms in total. The summed E-state index contributed by atoms with van der Waals surface area (Å²) < 4.78 is 5.55. The van der Waals surface area contributed by atoms with E-state index < -0.39 is 0 Å². The van der Waals surface area contributed by atoms with Crippen LogP contribution >= 0.6 is 0 Å². The highest BCUT2D eigenvalue weighted by molar-refractivity contribution is 4.95. The van der Waals surface area contributed by atoms with Crippen LogP contribution in [0, 0.1) is 17.3 Å². The minimum atomic E-state index is 0.681. The predicted octanol–water partition coefficient (Wildman–Crippen LogP) is 2.86. The van der Waals surface area contributed by atoms with Crippen molar-refractivity contribution in [3.63, 3.8) is 0 Å². The highest BCUT2D eigenvalue weighted by Crippen LogP contribution is 2.42. The molecule has 0 amide bonds. The lowest BCUT2D eigenvalue weighted by Crippen LogP contribution is -2.42. The molecule has 1 spiro atoms. The van der Waals surface area contributed by atoms with Gasteiger partial charge in [-0.3, -0.25) is 0 Å². The Hall–Kier alpha value is -0.120. The lowest BCUT2D eigenvalue weighted by molar-refractivity contribution is 0.0357. The fourth-order valence-corrected chi connectivity index (χ4v) is 4.74. The SMILES string of the molecule is CCOCC1CC(CN2CCC3(CCN(CC)CC3)C2)C1. The summed E-state index contributed by atoms with van der Waals surface area (Å²) in [7, 11) is 0. The molecule has 0 aromatic carbocycles. The number of nitrogens with zero attached hydrogens (tertiary/aromatic N) is 2. The van der Waals surface area contributed by atoms with Gasteiger partial charge in [0, 0.05) is 26.3 Å². The molecule has 0 aromatic rings. The lowest BCUT2D eigenvalue weighted by Gasteiger charge is -2.40. The third kappa shape index (κ3) is 3.80. The number of rotatable bonds is 6. The Morgan fingerprint density at radius 3 is 2.24 bits per heavy atom. The predicted molar refractivity (Wildman–Crippen MR) is 87.5 cm³/mol. The Morgan fingerprint density at radius 2 is 1.62 bits per heavy atom. The molecule has 3 aliphatic rings. The molecule has 1 aliphatic carbocycles. The maximum Gasteiger partial charge on any atom is 0.0494 e. The Kier molecular flexibility index (Phi) is 5.23. The highest BCUT2D eigenvalue weighted by atomic mass is 16.5. The Balaban J connectivity index is 1.36. The van der Waals surface area contributed by atoms with Gasteiger partial charge in [-0.2, -0.15) is 0 Å². The van der Waals surface area contributed by atoms with Crippen LogP contribution in [0.4, 0.5) is 0 Å². The van der Waals surface area contributed by atoms with Crippen molar-refractivity contribution in [2.75, 3.05) is 52.5 Å². The second-order valence-corrected chi connectivity index (χ2v) is 7.78. The minimum Gasteiger partial charge on any atom is -0.381 e. The van der Waals surface area contributed by atoms with Gasteiger partial charge in [0.2, 0.25) is 0 Å². The number of likely N-dealkylation sites (tertiary alicyclic amines) is 2. The molecule has 0 N–H and O–H groups in total. The van der Waals surface area contributed by atoms with E-state index in [4.69, 9.17) is 4.74 Å². The van der Waals surface area contributed by atoms with Crippen LogP contribution in [0.25, 0.3) is 0 Å². The third-order valence-electron chi connectivity index (χ3n) is 6.29. The standard InChI is InChI=1S/C18H34N2O/c1-3-19-8-5-18(6-9-19)7-10-20(15-18)13-16-11-17(12-16)14-21-4-2/h16-17H,3-15H2,1-2H3. The summed E-state index contributed by atoms with van der Waals surface area (Å²) in [6.45, 7) is 14.3. The van der Waals surface area contributed by atoms with Crippen LogP contribution in [0.1, 0.15) is 46.0 Å². The van der Waals surface area contributed by atoms with Crippen LogP contribution < -0.4 is 0 Å². The van der Waals surface area contributed by atoms with Crippen molar-refractivity contribution >= 4 is 0 Å². The molecule has 122 valence electrons. The summed E-state index contributed by atoms with van der Waals surface area (Å²) >= 11 is 0. The maximum atomic E-state index is 5.55. The Morgan fingerprint density at radius 1 is 0.952 bits per heavy atom. The van der Waals surface area contributed by atoms with Crippen molar-refractivity contribution in [3.8, 4) is 0 Å². The van der Waals surface area contributed by atoms with Gasteiger partial charge in [0.05, 0.1) is 0 Å². The van der Waals surface area contributed by atoms with E-state index in [1.54, 1.807) is 0 Å². The van der Waals surface area contributed by atoms with Gasteiger partial charge in [-0.05, 0) is 82.5 Å². The minimum absolute atomic E-state index is 0.681. The van der Waals surface area contributed by atoms with Crippen LogP contribution in [0.15, 0.2) is 0 Å². The van der Waals surface area contributed by atoms with E-state index in [-0.39, 0.29) is 0 Å². The summed E-state index contributed by atoms with van der Waals surface area (Å²) in [6, 6.07) is 0. The van der Waals surface area contributed by atoms with Gasteiger partial charge >= 0.3 is 0 Å². The van der Waals surface area contributed by atoms with Gasteiger partial charge in [0.1, 0.15) is 0 Å². The third-order valence-corrected chi connectivity index (χ3v) is 6.29. The van der Waals surface area contributed by atoms with Gasteiger partial charge < -0.3 is 14.5 Å². The summed E-state index contributed by atoms with van der Waals surface area (Å²) in [5.74, 6) is 1.82. The fraction of sp³-hybridized carbons (Fsp3) is 1.00. The number of ether oxygens (including phenoxy) is 1. The van der Waals surface area contributed by atoms with Crippen LogP contribution in [0.3, 0.4) is 0 Å². The number of hydrogen-bond acceptors (Lipinski definition) is 3. The van der Waals surface area contributed by atoms with Crippen LogP contribution in [-0.4, -0.2) is 62.3 Å². The average molecular weight is 294 g/mol. The molecule has 21 heavy (non-hydrogen) atoms. The van der Waals surface area contributed by atoms with Crippen molar-refractivity contribution < 1.29 is 4.74 Å². The second kappa shape index (κ2) is 6.97. The van der Waals surface area contributed by atoms with E-state index in [0.29, 0.717) is 5.41 Å². The van der Waals surface area contributed by atoms with Crippen molar-refractivity contribution in [1.82, 2.24) is 9.80 Å². The van der Waals surface area contributed by atoms with E-state index in [9.17, 15) is 0 Å². The van der Waals surface area contributed by atoms with Crippen molar-refractivity contribution in [2.45, 2.75) is 46.0 Å². The molecule has 0 unspecified atom stereocenters. The molecule has 0 radical (unpaired) electrons. The molecule has 2 saturated heterocycles. The van der Waals surface area contributed by atoms with Crippen molar-refractivity contribution in [3.05, 3.63) is 0 Å². The molecule has 3 rings (SSSR count). The summed E-state index contributed by atoms with van der Waals surface area (Å²) in [4.78, 5) is 5.40. The number of hydrogen-bond donors (Lipinski definition) is 0. The maximum absolute atomic E-state index is 5.55. The topological polar surface area (TPSA) is 15.7 Å². The van der Waals surface area contributed by atoms with Crippen LogP contribution in [0.5, 0.6) is 0 Å². The second-order valence-electron chi connectivity index (χ2n) is 7.78. The van der Waals surface area contributed by atoms with Crippen LogP contribution in [-0.2, 0) is 4.74 Å².